The second-order valence-electron chi connectivity index (χ2n) is 5.28. The number of hydrogen-bond donors (Lipinski definition) is 1. The summed E-state index contributed by atoms with van der Waals surface area (Å²) in [5, 5.41) is 2.76. The van der Waals surface area contributed by atoms with Crippen molar-refractivity contribution in [1.29, 1.82) is 0 Å². The minimum absolute atomic E-state index is 0.0222. The van der Waals surface area contributed by atoms with Crippen LogP contribution < -0.4 is 10.1 Å². The van der Waals surface area contributed by atoms with Gasteiger partial charge in [-0.25, -0.2) is 4.39 Å². The second kappa shape index (κ2) is 6.13. The molecule has 0 saturated carbocycles. The lowest BCUT2D eigenvalue weighted by Crippen LogP contribution is -2.40. The number of nitrogens with zero attached hydrogens (tertiary/aromatic N) is 1. The van der Waals surface area contributed by atoms with E-state index in [0.29, 0.717) is 30.7 Å². The third-order valence-electron chi connectivity index (χ3n) is 3.66. The molecule has 1 atom stereocenters. The van der Waals surface area contributed by atoms with Crippen LogP contribution in [0.5, 0.6) is 5.75 Å². The Kier molecular flexibility index (Phi) is 4.04. The van der Waals surface area contributed by atoms with Crippen LogP contribution in [0.25, 0.3) is 11.1 Å². The summed E-state index contributed by atoms with van der Waals surface area (Å²) in [7, 11) is 0. The molecular weight excluding hydrogens is 283 g/mol. The number of carbonyl (C=O) groups is 1. The zero-order valence-corrected chi connectivity index (χ0v) is 12.2. The number of aryl methyl sites for hydroxylation is 1. The number of piperidine rings is 1. The van der Waals surface area contributed by atoms with Crippen molar-refractivity contribution in [3.05, 3.63) is 48.0 Å². The van der Waals surface area contributed by atoms with Gasteiger partial charge in [-0.1, -0.05) is 6.07 Å². The molecule has 4 nitrogen and oxygen atoms in total. The highest BCUT2D eigenvalue weighted by molar-refractivity contribution is 5.76. The molecule has 1 N–H and O–H groups in total. The normalized spacial score (nSPS) is 17.9. The molecule has 5 heteroatoms. The smallest absolute Gasteiger partial charge is 0.220 e. The van der Waals surface area contributed by atoms with Crippen LogP contribution in [-0.2, 0) is 4.79 Å². The Bertz CT molecular complexity index is 693. The monoisotopic (exact) mass is 299 g/mol. The van der Waals surface area contributed by atoms with E-state index < -0.39 is 5.82 Å². The van der Waals surface area contributed by atoms with Gasteiger partial charge < -0.3 is 10.1 Å². The van der Waals surface area contributed by atoms with Gasteiger partial charge in [-0.15, -0.1) is 0 Å². The molecule has 22 heavy (non-hydrogen) atoms. The highest BCUT2D eigenvalue weighted by Crippen LogP contribution is 2.33. The van der Waals surface area contributed by atoms with E-state index in [1.807, 2.05) is 19.1 Å². The van der Waals surface area contributed by atoms with Gasteiger partial charge in [0.1, 0.15) is 17.7 Å². The van der Waals surface area contributed by atoms with Gasteiger partial charge in [0, 0.05) is 35.5 Å². The van der Waals surface area contributed by atoms with Gasteiger partial charge in [0.2, 0.25) is 5.91 Å². The largest absolute Gasteiger partial charge is 0.488 e. The average Bonchev–Trinajstić information content (AvgIpc) is 2.51. The summed E-state index contributed by atoms with van der Waals surface area (Å²) < 4.78 is 19.5. The second-order valence-corrected chi connectivity index (χ2v) is 5.28. The van der Waals surface area contributed by atoms with Gasteiger partial charge in [0.05, 0.1) is 6.54 Å². The number of pyridine rings is 1. The molecule has 1 aliphatic rings. The molecule has 1 saturated heterocycles. The van der Waals surface area contributed by atoms with Crippen molar-refractivity contribution in [2.24, 2.45) is 0 Å². The Morgan fingerprint density at radius 1 is 1.50 bits per heavy atom. The topological polar surface area (TPSA) is 51.2 Å². The summed E-state index contributed by atoms with van der Waals surface area (Å²) in [4.78, 5) is 15.5. The molecule has 1 aliphatic heterocycles. The van der Waals surface area contributed by atoms with E-state index in [4.69, 9.17) is 4.74 Å². The van der Waals surface area contributed by atoms with Crippen LogP contribution in [0.4, 0.5) is 4.39 Å². The number of rotatable bonds is 3. The van der Waals surface area contributed by atoms with Crippen molar-refractivity contribution < 1.29 is 13.9 Å². The molecule has 2 aromatic rings. The summed E-state index contributed by atoms with van der Waals surface area (Å²) in [5.41, 5.74) is 2.37. The number of benzene rings is 1. The van der Waals surface area contributed by atoms with E-state index in [2.05, 4.69) is 16.4 Å². The Balaban J connectivity index is 1.91. The predicted molar refractivity (Wildman–Crippen MR) is 79.9 cm³/mol. The fraction of sp³-hybridized carbons (Fsp3) is 0.294. The summed E-state index contributed by atoms with van der Waals surface area (Å²) >= 11 is 0. The number of nitrogens with one attached hydrogen (secondary N) is 1. The molecule has 2 heterocycles. The van der Waals surface area contributed by atoms with Crippen LogP contribution in [0.3, 0.4) is 0 Å². The predicted octanol–water partition coefficient (Wildman–Crippen LogP) is 2.65. The number of carbonyl (C=O) groups excluding carboxylic acids is 1. The van der Waals surface area contributed by atoms with Crippen LogP contribution >= 0.6 is 0 Å². The number of amides is 1. The molecule has 0 aliphatic carbocycles. The third-order valence-corrected chi connectivity index (χ3v) is 3.66. The highest BCUT2D eigenvalue weighted by Gasteiger charge is 2.21. The van der Waals surface area contributed by atoms with Crippen LogP contribution in [0.15, 0.2) is 30.5 Å². The number of hydrogen-bond acceptors (Lipinski definition) is 3. The first kappa shape index (κ1) is 14.5. The van der Waals surface area contributed by atoms with E-state index in [0.717, 1.165) is 11.3 Å². The molecule has 0 bridgehead atoms. The Morgan fingerprint density at radius 3 is 3.09 bits per heavy atom. The maximum Gasteiger partial charge on any atom is 0.220 e. The van der Waals surface area contributed by atoms with Gasteiger partial charge in [0.25, 0.3) is 0 Å². The molecular formula is C17H16FN2O2. The molecule has 1 fully saturated rings. The average molecular weight is 299 g/mol. The molecule has 1 aromatic heterocycles. The van der Waals surface area contributed by atoms with Crippen molar-refractivity contribution in [1.82, 2.24) is 10.3 Å². The van der Waals surface area contributed by atoms with Crippen molar-refractivity contribution >= 4 is 5.91 Å². The van der Waals surface area contributed by atoms with E-state index in [-0.39, 0.29) is 12.0 Å². The molecule has 1 radical (unpaired) electrons. The Labute approximate surface area is 128 Å². The Morgan fingerprint density at radius 2 is 2.36 bits per heavy atom. The van der Waals surface area contributed by atoms with Gasteiger partial charge >= 0.3 is 0 Å². The maximum absolute atomic E-state index is 13.6. The number of ether oxygens (including phenoxy) is 1. The van der Waals surface area contributed by atoms with E-state index in [9.17, 15) is 9.18 Å². The molecule has 1 aromatic carbocycles. The van der Waals surface area contributed by atoms with Gasteiger partial charge in [-0.2, -0.15) is 0 Å². The van der Waals surface area contributed by atoms with Gasteiger partial charge in [0.15, 0.2) is 0 Å². The van der Waals surface area contributed by atoms with Crippen LogP contribution in [0, 0.1) is 18.8 Å². The maximum atomic E-state index is 13.6. The molecule has 1 amide bonds. The minimum atomic E-state index is -0.403. The lowest BCUT2D eigenvalue weighted by Gasteiger charge is -2.25. The zero-order valence-electron chi connectivity index (χ0n) is 12.2. The van der Waals surface area contributed by atoms with Crippen molar-refractivity contribution in [2.45, 2.75) is 25.9 Å². The van der Waals surface area contributed by atoms with Crippen molar-refractivity contribution in [3.63, 3.8) is 0 Å². The first-order chi connectivity index (χ1) is 10.6. The minimum Gasteiger partial charge on any atom is -0.488 e. The molecule has 0 spiro atoms. The lowest BCUT2D eigenvalue weighted by atomic mass is 10.0. The van der Waals surface area contributed by atoms with Crippen LogP contribution in [0.1, 0.15) is 18.5 Å². The summed E-state index contributed by atoms with van der Waals surface area (Å²) in [5.74, 6) is 0.0476. The Hall–Kier alpha value is -2.43. The van der Waals surface area contributed by atoms with E-state index in [1.165, 1.54) is 12.1 Å². The fourth-order valence-electron chi connectivity index (χ4n) is 2.49. The lowest BCUT2D eigenvalue weighted by molar-refractivity contribution is -0.123. The number of halogens is 1. The fourth-order valence-corrected chi connectivity index (χ4v) is 2.49. The van der Waals surface area contributed by atoms with Crippen LogP contribution in [0.2, 0.25) is 0 Å². The molecule has 1 unspecified atom stereocenters. The number of aromatic nitrogens is 1. The third kappa shape index (κ3) is 3.08. The SMILES string of the molecule is Cc1ncccc1-c1[c]cc(F)cc1OC1CCC(=O)NC1. The summed E-state index contributed by atoms with van der Waals surface area (Å²) in [6.07, 6.45) is 2.59. The zero-order chi connectivity index (χ0) is 15.5. The van der Waals surface area contributed by atoms with Crippen molar-refractivity contribution in [2.75, 3.05) is 6.54 Å². The van der Waals surface area contributed by atoms with Gasteiger partial charge in [-0.3, -0.25) is 9.78 Å². The first-order valence-corrected chi connectivity index (χ1v) is 7.20. The van der Waals surface area contributed by atoms with E-state index in [1.54, 1.807) is 6.20 Å². The molecule has 3 rings (SSSR count). The molecule has 113 valence electrons. The van der Waals surface area contributed by atoms with Crippen molar-refractivity contribution in [3.8, 4) is 16.9 Å². The van der Waals surface area contributed by atoms with E-state index >= 15 is 0 Å². The summed E-state index contributed by atoms with van der Waals surface area (Å²) in [6, 6.07) is 9.31. The standard InChI is InChI=1S/C17H16FN2O2/c1-11-14(3-2-8-19-11)15-6-4-12(18)9-16(15)22-13-5-7-17(21)20-10-13/h2-4,8-9,13H,5,7,10H2,1H3,(H,20,21). The van der Waals surface area contributed by atoms with Crippen LogP contribution in [-0.4, -0.2) is 23.5 Å². The quantitative estimate of drug-likeness (QED) is 0.948. The highest BCUT2D eigenvalue weighted by atomic mass is 19.1. The summed E-state index contributed by atoms with van der Waals surface area (Å²) in [6.45, 7) is 2.32. The van der Waals surface area contributed by atoms with Gasteiger partial charge in [-0.05, 0) is 31.5 Å². The first-order valence-electron chi connectivity index (χ1n) is 7.20.